The van der Waals surface area contributed by atoms with Crippen molar-refractivity contribution in [2.45, 2.75) is 18.9 Å². The Balaban J connectivity index is 2.69. The van der Waals surface area contributed by atoms with Gasteiger partial charge < -0.3 is 11.5 Å². The van der Waals surface area contributed by atoms with E-state index in [9.17, 15) is 0 Å². The molecule has 1 aromatic carbocycles. The number of rotatable bonds is 3. The molecule has 0 amide bonds. The van der Waals surface area contributed by atoms with E-state index in [4.69, 9.17) is 23.1 Å². The van der Waals surface area contributed by atoms with E-state index in [-0.39, 0.29) is 5.54 Å². The van der Waals surface area contributed by atoms with Crippen LogP contribution in [0.2, 0.25) is 5.02 Å². The molecule has 3 heteroatoms. The van der Waals surface area contributed by atoms with Gasteiger partial charge >= 0.3 is 0 Å². The van der Waals surface area contributed by atoms with Crippen LogP contribution in [-0.2, 0) is 6.42 Å². The topological polar surface area (TPSA) is 52.0 Å². The third-order valence-electron chi connectivity index (χ3n) is 1.99. The smallest absolute Gasteiger partial charge is 0.0406 e. The molecule has 0 heterocycles. The van der Waals surface area contributed by atoms with Crippen molar-refractivity contribution in [2.75, 3.05) is 6.54 Å². The van der Waals surface area contributed by atoms with E-state index in [1.807, 2.05) is 31.2 Å². The van der Waals surface area contributed by atoms with E-state index in [0.29, 0.717) is 6.54 Å². The van der Waals surface area contributed by atoms with E-state index in [0.717, 1.165) is 11.4 Å². The molecule has 72 valence electrons. The highest BCUT2D eigenvalue weighted by atomic mass is 35.5. The summed E-state index contributed by atoms with van der Waals surface area (Å²) in [5.41, 5.74) is 12.3. The second-order valence-electron chi connectivity index (χ2n) is 3.66. The molecule has 0 aliphatic heterocycles. The van der Waals surface area contributed by atoms with Crippen molar-refractivity contribution >= 4 is 11.6 Å². The van der Waals surface area contributed by atoms with Gasteiger partial charge in [-0.1, -0.05) is 23.7 Å². The molecule has 0 spiro atoms. The third kappa shape index (κ3) is 3.35. The van der Waals surface area contributed by atoms with E-state index >= 15 is 0 Å². The summed E-state index contributed by atoms with van der Waals surface area (Å²) in [5, 5.41) is 0.746. The van der Waals surface area contributed by atoms with Crippen molar-refractivity contribution in [1.82, 2.24) is 0 Å². The molecule has 13 heavy (non-hydrogen) atoms. The maximum Gasteiger partial charge on any atom is 0.0406 e. The van der Waals surface area contributed by atoms with E-state index in [2.05, 4.69) is 0 Å². The summed E-state index contributed by atoms with van der Waals surface area (Å²) in [6.07, 6.45) is 0.778. The average molecular weight is 199 g/mol. The van der Waals surface area contributed by atoms with Gasteiger partial charge in [0.1, 0.15) is 0 Å². The summed E-state index contributed by atoms with van der Waals surface area (Å²) in [4.78, 5) is 0. The minimum Gasteiger partial charge on any atom is -0.329 e. The lowest BCUT2D eigenvalue weighted by Crippen LogP contribution is -2.45. The molecule has 0 aliphatic rings. The lowest BCUT2D eigenvalue weighted by molar-refractivity contribution is 0.477. The van der Waals surface area contributed by atoms with Gasteiger partial charge in [-0.15, -0.1) is 0 Å². The number of halogens is 1. The van der Waals surface area contributed by atoms with Gasteiger partial charge in [0.15, 0.2) is 0 Å². The summed E-state index contributed by atoms with van der Waals surface area (Å²) in [6.45, 7) is 2.43. The number of hydrogen-bond acceptors (Lipinski definition) is 2. The predicted molar refractivity (Wildman–Crippen MR) is 56.8 cm³/mol. The Morgan fingerprint density at radius 1 is 1.31 bits per heavy atom. The van der Waals surface area contributed by atoms with Crippen LogP contribution in [0.25, 0.3) is 0 Å². The molecule has 0 aromatic heterocycles. The van der Waals surface area contributed by atoms with Crippen molar-refractivity contribution in [3.05, 3.63) is 34.9 Å². The van der Waals surface area contributed by atoms with Crippen molar-refractivity contribution < 1.29 is 0 Å². The monoisotopic (exact) mass is 198 g/mol. The quantitative estimate of drug-likeness (QED) is 0.775. The maximum absolute atomic E-state index is 5.93. The Hall–Kier alpha value is -0.570. The van der Waals surface area contributed by atoms with Crippen LogP contribution in [0, 0.1) is 0 Å². The van der Waals surface area contributed by atoms with Gasteiger partial charge in [0.2, 0.25) is 0 Å². The van der Waals surface area contributed by atoms with Crippen LogP contribution in [0.3, 0.4) is 0 Å². The minimum atomic E-state index is -0.326. The van der Waals surface area contributed by atoms with Gasteiger partial charge in [0, 0.05) is 17.1 Å². The van der Waals surface area contributed by atoms with Gasteiger partial charge in [0.05, 0.1) is 0 Å². The summed E-state index contributed by atoms with van der Waals surface area (Å²) < 4.78 is 0. The molecule has 4 N–H and O–H groups in total. The molecule has 0 saturated carbocycles. The van der Waals surface area contributed by atoms with E-state index in [1.54, 1.807) is 0 Å². The lowest BCUT2D eigenvalue weighted by atomic mass is 9.94. The summed E-state index contributed by atoms with van der Waals surface area (Å²) >= 11 is 5.76. The van der Waals surface area contributed by atoms with Crippen LogP contribution < -0.4 is 11.5 Å². The van der Waals surface area contributed by atoms with Gasteiger partial charge in [-0.05, 0) is 31.0 Å². The summed E-state index contributed by atoms with van der Waals surface area (Å²) in [7, 11) is 0. The predicted octanol–water partition coefficient (Wildman–Crippen LogP) is 1.56. The number of nitrogens with two attached hydrogens (primary N) is 2. The van der Waals surface area contributed by atoms with E-state index < -0.39 is 0 Å². The molecule has 0 fully saturated rings. The molecule has 1 aromatic rings. The first-order valence-electron chi connectivity index (χ1n) is 4.27. The fourth-order valence-corrected chi connectivity index (χ4v) is 1.27. The highest BCUT2D eigenvalue weighted by Crippen LogP contribution is 2.13. The molecule has 1 rings (SSSR count). The van der Waals surface area contributed by atoms with Crippen molar-refractivity contribution in [1.29, 1.82) is 0 Å². The van der Waals surface area contributed by atoms with Crippen LogP contribution >= 0.6 is 11.6 Å². The standard InChI is InChI=1S/C10H15ClN2/c1-10(13,7-12)6-8-2-4-9(11)5-3-8/h2-5H,6-7,12-13H2,1H3. The Morgan fingerprint density at radius 2 is 1.85 bits per heavy atom. The van der Waals surface area contributed by atoms with Crippen LogP contribution in [0.4, 0.5) is 0 Å². The zero-order valence-electron chi connectivity index (χ0n) is 7.76. The molecule has 0 radical (unpaired) electrons. The van der Waals surface area contributed by atoms with Crippen LogP contribution in [0.15, 0.2) is 24.3 Å². The zero-order valence-corrected chi connectivity index (χ0v) is 8.51. The first-order valence-corrected chi connectivity index (χ1v) is 4.65. The number of hydrogen-bond donors (Lipinski definition) is 2. The van der Waals surface area contributed by atoms with Crippen molar-refractivity contribution in [3.8, 4) is 0 Å². The second kappa shape index (κ2) is 4.09. The summed E-state index contributed by atoms with van der Waals surface area (Å²) in [5.74, 6) is 0. The molecular weight excluding hydrogens is 184 g/mol. The van der Waals surface area contributed by atoms with Crippen molar-refractivity contribution in [2.24, 2.45) is 11.5 Å². The zero-order chi connectivity index (χ0) is 9.90. The van der Waals surface area contributed by atoms with Crippen LogP contribution in [-0.4, -0.2) is 12.1 Å². The molecule has 0 saturated heterocycles. The normalized spacial score (nSPS) is 15.4. The summed E-state index contributed by atoms with van der Waals surface area (Å²) in [6, 6.07) is 7.68. The van der Waals surface area contributed by atoms with Gasteiger partial charge in [-0.2, -0.15) is 0 Å². The second-order valence-corrected chi connectivity index (χ2v) is 4.10. The van der Waals surface area contributed by atoms with E-state index in [1.165, 1.54) is 5.56 Å². The lowest BCUT2D eigenvalue weighted by Gasteiger charge is -2.22. The first kappa shape index (κ1) is 10.5. The fourth-order valence-electron chi connectivity index (χ4n) is 1.14. The molecule has 1 unspecified atom stereocenters. The van der Waals surface area contributed by atoms with Gasteiger partial charge in [-0.3, -0.25) is 0 Å². The highest BCUT2D eigenvalue weighted by molar-refractivity contribution is 6.30. The first-order chi connectivity index (χ1) is 6.03. The Labute approximate surface area is 83.9 Å². The molecular formula is C10H15ClN2. The third-order valence-corrected chi connectivity index (χ3v) is 2.24. The fraction of sp³-hybridized carbons (Fsp3) is 0.400. The number of benzene rings is 1. The maximum atomic E-state index is 5.93. The molecule has 2 nitrogen and oxygen atoms in total. The van der Waals surface area contributed by atoms with Crippen LogP contribution in [0.5, 0.6) is 0 Å². The Morgan fingerprint density at radius 3 is 2.31 bits per heavy atom. The average Bonchev–Trinajstić information content (AvgIpc) is 2.09. The largest absolute Gasteiger partial charge is 0.329 e. The van der Waals surface area contributed by atoms with Gasteiger partial charge in [0.25, 0.3) is 0 Å². The Bertz CT molecular complexity index is 267. The van der Waals surface area contributed by atoms with Crippen LogP contribution in [0.1, 0.15) is 12.5 Å². The Kier molecular flexibility index (Phi) is 3.31. The van der Waals surface area contributed by atoms with Gasteiger partial charge in [-0.25, -0.2) is 0 Å². The van der Waals surface area contributed by atoms with Crippen molar-refractivity contribution in [3.63, 3.8) is 0 Å². The SMILES string of the molecule is CC(N)(CN)Cc1ccc(Cl)cc1. The molecule has 1 atom stereocenters. The molecule has 0 aliphatic carbocycles. The highest BCUT2D eigenvalue weighted by Gasteiger charge is 2.16. The minimum absolute atomic E-state index is 0.326. The molecule has 0 bridgehead atoms.